The van der Waals surface area contributed by atoms with Gasteiger partial charge in [-0.05, 0) is 117 Å². The standard InChI is InChI=1S/C41H65NO9/c1-23-18-25(33(36(5,6)46)49-24(2)43)50-31-30(23)38(8)14-15-41-20-40(41)13-12-28(35(3,4)26(40)10-11-27(41)39(38,9)32(31)44)51-29-19-42(16-17-48-29)34(45)37(7)21-47-22-37/h23,25-33,44,46H,10-22H2,1-9H3. The molecular weight excluding hydrogens is 650 g/mol. The van der Waals surface area contributed by atoms with Crippen LogP contribution in [0.2, 0.25) is 0 Å². The van der Waals surface area contributed by atoms with Crippen LogP contribution in [0.25, 0.3) is 0 Å². The quantitative estimate of drug-likeness (QED) is 0.362. The topological polar surface area (TPSA) is 124 Å². The van der Waals surface area contributed by atoms with Crippen molar-refractivity contribution in [3.8, 4) is 0 Å². The van der Waals surface area contributed by atoms with E-state index >= 15 is 0 Å². The summed E-state index contributed by atoms with van der Waals surface area (Å²) in [5.41, 5.74) is -1.68. The number of aliphatic hydroxyl groups excluding tert-OH is 1. The van der Waals surface area contributed by atoms with E-state index < -0.39 is 41.6 Å². The van der Waals surface area contributed by atoms with Gasteiger partial charge in [0, 0.05) is 18.9 Å². The van der Waals surface area contributed by atoms with E-state index in [0.29, 0.717) is 51.2 Å². The Hall–Kier alpha value is -1.30. The zero-order valence-corrected chi connectivity index (χ0v) is 32.7. The molecule has 5 aliphatic carbocycles. The number of hydrogen-bond acceptors (Lipinski definition) is 9. The SMILES string of the molecule is CC(=O)OC(C1CC(C)C2C(O1)C(O)C1(C)C3CCC4C(C)(C)C(OC5CN(C(=O)C6(C)COC6)CCO5)CCC45CC35CCC21C)C(C)(C)O. The summed E-state index contributed by atoms with van der Waals surface area (Å²) in [6.07, 6.45) is 5.87. The first-order valence-electron chi connectivity index (χ1n) is 20.1. The maximum absolute atomic E-state index is 13.3. The minimum Gasteiger partial charge on any atom is -0.457 e. The lowest BCUT2D eigenvalue weighted by Crippen LogP contribution is -2.61. The van der Waals surface area contributed by atoms with Crippen LogP contribution in [0, 0.1) is 56.2 Å². The number of aliphatic hydroxyl groups is 2. The summed E-state index contributed by atoms with van der Waals surface area (Å²) in [4.78, 5) is 27.3. The highest BCUT2D eigenvalue weighted by Gasteiger charge is 2.84. The van der Waals surface area contributed by atoms with E-state index in [2.05, 4.69) is 34.6 Å². The number of hydrogen-bond donors (Lipinski definition) is 2. The summed E-state index contributed by atoms with van der Waals surface area (Å²) in [6, 6.07) is 0. The first-order valence-corrected chi connectivity index (χ1v) is 20.1. The lowest BCUT2D eigenvalue weighted by molar-refractivity contribution is -0.250. The number of amides is 1. The van der Waals surface area contributed by atoms with E-state index in [1.165, 1.54) is 19.8 Å². The van der Waals surface area contributed by atoms with Gasteiger partial charge in [0.2, 0.25) is 5.91 Å². The lowest BCUT2D eigenvalue weighted by atomic mass is 9.41. The van der Waals surface area contributed by atoms with E-state index in [9.17, 15) is 19.8 Å². The number of ether oxygens (including phenoxy) is 5. The first kappa shape index (κ1) is 36.7. The zero-order chi connectivity index (χ0) is 36.7. The van der Waals surface area contributed by atoms with Crippen LogP contribution in [0.3, 0.4) is 0 Å². The maximum Gasteiger partial charge on any atom is 0.303 e. The highest BCUT2D eigenvalue weighted by Crippen LogP contribution is 2.89. The predicted octanol–water partition coefficient (Wildman–Crippen LogP) is 5.11. The molecule has 1 amide bonds. The number of fused-ring (bicyclic) bond motifs is 4. The van der Waals surface area contributed by atoms with Gasteiger partial charge in [0.05, 0.1) is 61.8 Å². The Morgan fingerprint density at radius 3 is 2.31 bits per heavy atom. The van der Waals surface area contributed by atoms with E-state index in [4.69, 9.17) is 23.7 Å². The molecule has 14 atom stereocenters. The Morgan fingerprint density at radius 2 is 1.67 bits per heavy atom. The van der Waals surface area contributed by atoms with Gasteiger partial charge in [0.25, 0.3) is 0 Å². The van der Waals surface area contributed by atoms with Gasteiger partial charge in [-0.2, -0.15) is 0 Å². The van der Waals surface area contributed by atoms with Gasteiger partial charge in [-0.15, -0.1) is 0 Å². The number of carbonyl (C=O) groups excluding carboxylic acids is 2. The largest absolute Gasteiger partial charge is 0.457 e. The zero-order valence-electron chi connectivity index (χ0n) is 32.7. The summed E-state index contributed by atoms with van der Waals surface area (Å²) < 4.78 is 30.9. The Morgan fingerprint density at radius 1 is 0.980 bits per heavy atom. The number of esters is 1. The van der Waals surface area contributed by atoms with Crippen LogP contribution in [-0.4, -0.2) is 102 Å². The molecule has 0 bridgehead atoms. The molecule has 5 saturated carbocycles. The lowest BCUT2D eigenvalue weighted by Gasteiger charge is -2.64. The molecule has 2 N–H and O–H groups in total. The summed E-state index contributed by atoms with van der Waals surface area (Å²) in [5, 5.41) is 23.7. The van der Waals surface area contributed by atoms with Crippen molar-refractivity contribution in [2.75, 3.05) is 32.9 Å². The molecule has 51 heavy (non-hydrogen) atoms. The summed E-state index contributed by atoms with van der Waals surface area (Å²) in [6.45, 7) is 21.2. The molecule has 8 fully saturated rings. The van der Waals surface area contributed by atoms with E-state index in [1.807, 2.05) is 11.8 Å². The first-order chi connectivity index (χ1) is 23.8. The Kier molecular flexibility index (Phi) is 8.35. The monoisotopic (exact) mass is 715 g/mol. The van der Waals surface area contributed by atoms with Crippen molar-refractivity contribution < 1.29 is 43.5 Å². The molecule has 8 aliphatic rings. The van der Waals surface area contributed by atoms with Crippen molar-refractivity contribution in [2.24, 2.45) is 56.2 Å². The Labute approximate surface area is 305 Å². The normalized spacial score (nSPS) is 49.9. The molecule has 3 saturated heterocycles. The molecule has 10 heteroatoms. The average Bonchev–Trinajstić information content (AvgIpc) is 3.67. The summed E-state index contributed by atoms with van der Waals surface area (Å²) >= 11 is 0. The van der Waals surface area contributed by atoms with Crippen molar-refractivity contribution in [1.82, 2.24) is 4.90 Å². The predicted molar refractivity (Wildman–Crippen MR) is 188 cm³/mol. The van der Waals surface area contributed by atoms with Gasteiger partial charge >= 0.3 is 5.97 Å². The van der Waals surface area contributed by atoms with Gasteiger partial charge in [-0.3, -0.25) is 9.59 Å². The third kappa shape index (κ3) is 4.94. The molecule has 8 rings (SSSR count). The molecule has 0 aromatic carbocycles. The second-order valence-corrected chi connectivity index (χ2v) is 20.5. The van der Waals surface area contributed by atoms with E-state index in [0.717, 1.165) is 32.1 Å². The van der Waals surface area contributed by atoms with Crippen LogP contribution in [0.5, 0.6) is 0 Å². The summed E-state index contributed by atoms with van der Waals surface area (Å²) in [5.74, 6) is 1.09. The second-order valence-electron chi connectivity index (χ2n) is 20.5. The third-order valence-electron chi connectivity index (χ3n) is 17.1. The van der Waals surface area contributed by atoms with Crippen LogP contribution in [0.4, 0.5) is 0 Å². The van der Waals surface area contributed by atoms with Crippen molar-refractivity contribution in [2.45, 2.75) is 156 Å². The van der Waals surface area contributed by atoms with Crippen molar-refractivity contribution in [3.05, 3.63) is 0 Å². The second kappa shape index (κ2) is 11.6. The molecule has 0 aromatic rings. The van der Waals surface area contributed by atoms with Gasteiger partial charge in [0.1, 0.15) is 0 Å². The molecule has 288 valence electrons. The number of nitrogens with zero attached hydrogens (tertiary/aromatic N) is 1. The van der Waals surface area contributed by atoms with Crippen LogP contribution in [0.1, 0.15) is 114 Å². The minimum atomic E-state index is -1.27. The fraction of sp³-hybridized carbons (Fsp3) is 0.951. The maximum atomic E-state index is 13.3. The van der Waals surface area contributed by atoms with Gasteiger partial charge < -0.3 is 38.8 Å². The highest BCUT2D eigenvalue weighted by molar-refractivity contribution is 5.83. The molecule has 2 spiro atoms. The smallest absolute Gasteiger partial charge is 0.303 e. The number of rotatable bonds is 6. The molecule has 10 nitrogen and oxygen atoms in total. The van der Waals surface area contributed by atoms with Crippen LogP contribution in [-0.2, 0) is 33.3 Å². The molecule has 14 unspecified atom stereocenters. The fourth-order valence-corrected chi connectivity index (χ4v) is 14.6. The van der Waals surface area contributed by atoms with E-state index in [1.54, 1.807) is 13.8 Å². The van der Waals surface area contributed by atoms with Crippen molar-refractivity contribution in [1.29, 1.82) is 0 Å². The Balaban J connectivity index is 1.01. The highest BCUT2D eigenvalue weighted by atomic mass is 16.7. The van der Waals surface area contributed by atoms with E-state index in [-0.39, 0.29) is 57.0 Å². The van der Waals surface area contributed by atoms with Gasteiger partial charge in [-0.1, -0.05) is 34.6 Å². The molecule has 0 aromatic heterocycles. The van der Waals surface area contributed by atoms with Gasteiger partial charge in [0.15, 0.2) is 12.4 Å². The minimum absolute atomic E-state index is 0.0479. The van der Waals surface area contributed by atoms with Crippen molar-refractivity contribution in [3.63, 3.8) is 0 Å². The molecule has 3 heterocycles. The van der Waals surface area contributed by atoms with Crippen molar-refractivity contribution >= 4 is 11.9 Å². The fourth-order valence-electron chi connectivity index (χ4n) is 14.6. The molecule has 3 aliphatic heterocycles. The van der Waals surface area contributed by atoms with Crippen LogP contribution >= 0.6 is 0 Å². The molecule has 0 radical (unpaired) electrons. The summed E-state index contributed by atoms with van der Waals surface area (Å²) in [7, 11) is 0. The number of carbonyl (C=O) groups is 2. The van der Waals surface area contributed by atoms with Crippen LogP contribution in [0.15, 0.2) is 0 Å². The molecular formula is C41H65NO9. The third-order valence-corrected chi connectivity index (χ3v) is 17.1. The Bertz CT molecular complexity index is 1420. The van der Waals surface area contributed by atoms with Gasteiger partial charge in [-0.25, -0.2) is 0 Å². The number of morpholine rings is 1. The average molecular weight is 716 g/mol. The van der Waals surface area contributed by atoms with Crippen LogP contribution < -0.4 is 0 Å².